The van der Waals surface area contributed by atoms with E-state index < -0.39 is 11.6 Å². The Morgan fingerprint density at radius 1 is 1.14 bits per heavy atom. The molecule has 4 heterocycles. The molecule has 0 unspecified atom stereocenters. The van der Waals surface area contributed by atoms with Gasteiger partial charge >= 0.3 is 0 Å². The molecule has 0 aliphatic rings. The van der Waals surface area contributed by atoms with Gasteiger partial charge in [-0.1, -0.05) is 0 Å². The molecule has 0 atom stereocenters. The van der Waals surface area contributed by atoms with Gasteiger partial charge in [0.2, 0.25) is 0 Å². The maximum atomic E-state index is 14.1. The Morgan fingerprint density at radius 2 is 2.00 bits per heavy atom. The number of hydrogen-bond donors (Lipinski definition) is 1. The summed E-state index contributed by atoms with van der Waals surface area (Å²) in [5.74, 6) is -0.953. The summed E-state index contributed by atoms with van der Waals surface area (Å²) >= 11 is 0. The summed E-state index contributed by atoms with van der Waals surface area (Å²) in [6.07, 6.45) is 6.92. The van der Waals surface area contributed by atoms with Gasteiger partial charge in [0, 0.05) is 36.1 Å². The predicted octanol–water partition coefficient (Wildman–Crippen LogP) is 3.29. The second kappa shape index (κ2) is 6.26. The van der Waals surface area contributed by atoms with Crippen LogP contribution in [0, 0.1) is 12.7 Å². The van der Waals surface area contributed by atoms with Crippen molar-refractivity contribution in [3.05, 3.63) is 60.6 Å². The number of ether oxygens (including phenoxy) is 1. The molecule has 144 valence electrons. The molecule has 0 saturated heterocycles. The van der Waals surface area contributed by atoms with Crippen molar-refractivity contribution in [3.63, 3.8) is 0 Å². The first-order valence-corrected chi connectivity index (χ1v) is 8.78. The minimum atomic E-state index is -0.761. The van der Waals surface area contributed by atoms with Gasteiger partial charge in [-0.3, -0.25) is 4.98 Å². The zero-order valence-electron chi connectivity index (χ0n) is 15.5. The van der Waals surface area contributed by atoms with Crippen molar-refractivity contribution in [2.24, 2.45) is 0 Å². The predicted molar refractivity (Wildman–Crippen MR) is 104 cm³/mol. The highest BCUT2D eigenvalue weighted by Gasteiger charge is 2.18. The number of phenols is 1. The number of aromatic nitrogens is 6. The zero-order valence-corrected chi connectivity index (χ0v) is 15.5. The summed E-state index contributed by atoms with van der Waals surface area (Å²) in [5.41, 5.74) is 3.91. The number of fused-ring (bicyclic) bond motifs is 2. The lowest BCUT2D eigenvalue weighted by molar-refractivity contribution is 0.394. The smallest absolute Gasteiger partial charge is 0.167 e. The largest absolute Gasteiger partial charge is 0.505 e. The number of benzene rings is 1. The molecule has 0 aliphatic carbocycles. The van der Waals surface area contributed by atoms with E-state index in [9.17, 15) is 9.50 Å². The molecule has 0 saturated carbocycles. The fourth-order valence-electron chi connectivity index (χ4n) is 3.36. The minimum Gasteiger partial charge on any atom is -0.505 e. The lowest BCUT2D eigenvalue weighted by Crippen LogP contribution is -2.01. The van der Waals surface area contributed by atoms with Gasteiger partial charge in [-0.25, -0.2) is 18.6 Å². The van der Waals surface area contributed by atoms with Gasteiger partial charge in [-0.15, -0.1) is 0 Å². The van der Waals surface area contributed by atoms with Gasteiger partial charge in [0.1, 0.15) is 11.4 Å². The van der Waals surface area contributed by atoms with Crippen LogP contribution in [0.15, 0.2) is 49.1 Å². The Kier molecular flexibility index (Phi) is 3.70. The molecule has 4 aromatic heterocycles. The summed E-state index contributed by atoms with van der Waals surface area (Å²) in [4.78, 5) is 8.92. The molecule has 5 aromatic rings. The summed E-state index contributed by atoms with van der Waals surface area (Å²) < 4.78 is 22.7. The number of halogens is 1. The molecule has 0 bridgehead atoms. The van der Waals surface area contributed by atoms with Crippen molar-refractivity contribution < 1.29 is 14.2 Å². The molecule has 1 N–H and O–H groups in total. The number of pyridine rings is 1. The van der Waals surface area contributed by atoms with Crippen LogP contribution in [0.25, 0.3) is 33.5 Å². The van der Waals surface area contributed by atoms with Crippen molar-refractivity contribution in [3.8, 4) is 28.4 Å². The van der Waals surface area contributed by atoms with E-state index in [1.54, 1.807) is 33.9 Å². The lowest BCUT2D eigenvalue weighted by atomic mass is 10.1. The number of aryl methyl sites for hydroxylation is 1. The molecule has 5 rings (SSSR count). The Bertz CT molecular complexity index is 1390. The summed E-state index contributed by atoms with van der Waals surface area (Å²) in [5, 5.41) is 19.3. The van der Waals surface area contributed by atoms with E-state index in [0.717, 1.165) is 16.6 Å². The standard InChI is InChI=1S/C20H15FN6O2/c1-11-12-9-23-15(13-10-24-26-5-3-4-22-20(13)26)7-16(12)27(25-11)17-6-14(21)18(28)8-19(17)29-2/h3-10,28H,1-2H3. The van der Waals surface area contributed by atoms with E-state index in [2.05, 4.69) is 20.2 Å². The van der Waals surface area contributed by atoms with Crippen LogP contribution in [-0.2, 0) is 0 Å². The minimum absolute atomic E-state index is 0.296. The van der Waals surface area contributed by atoms with Crippen LogP contribution < -0.4 is 4.74 Å². The maximum Gasteiger partial charge on any atom is 0.167 e. The van der Waals surface area contributed by atoms with Crippen LogP contribution in [0.3, 0.4) is 0 Å². The quantitative estimate of drug-likeness (QED) is 0.508. The number of nitrogens with zero attached hydrogens (tertiary/aromatic N) is 6. The van der Waals surface area contributed by atoms with Gasteiger partial charge in [0.05, 0.1) is 35.8 Å². The van der Waals surface area contributed by atoms with Crippen molar-refractivity contribution in [1.29, 1.82) is 0 Å². The summed E-state index contributed by atoms with van der Waals surface area (Å²) in [6, 6.07) is 6.07. The molecule has 0 amide bonds. The fraction of sp³-hybridized carbons (Fsp3) is 0.100. The van der Waals surface area contributed by atoms with Gasteiger partial charge in [0.25, 0.3) is 0 Å². The first kappa shape index (κ1) is 17.1. The molecule has 0 radical (unpaired) electrons. The van der Waals surface area contributed by atoms with Gasteiger partial charge in [0.15, 0.2) is 17.2 Å². The Labute approximate surface area is 163 Å². The number of phenolic OH excluding ortho intramolecular Hbond substituents is 1. The van der Waals surface area contributed by atoms with E-state index in [-0.39, 0.29) is 0 Å². The highest BCUT2D eigenvalue weighted by atomic mass is 19.1. The summed E-state index contributed by atoms with van der Waals surface area (Å²) in [7, 11) is 1.45. The molecule has 29 heavy (non-hydrogen) atoms. The highest BCUT2D eigenvalue weighted by Crippen LogP contribution is 2.33. The normalized spacial score (nSPS) is 11.4. The first-order valence-electron chi connectivity index (χ1n) is 8.78. The Morgan fingerprint density at radius 3 is 2.83 bits per heavy atom. The van der Waals surface area contributed by atoms with Crippen LogP contribution >= 0.6 is 0 Å². The van der Waals surface area contributed by atoms with Crippen LogP contribution in [0.4, 0.5) is 4.39 Å². The second-order valence-electron chi connectivity index (χ2n) is 6.51. The average Bonchev–Trinajstić information content (AvgIpc) is 3.31. The van der Waals surface area contributed by atoms with Crippen LogP contribution in [0.5, 0.6) is 11.5 Å². The molecule has 9 heteroatoms. The molecular formula is C20H15FN6O2. The van der Waals surface area contributed by atoms with Gasteiger partial charge in [-0.05, 0) is 19.1 Å². The molecule has 0 spiro atoms. The van der Waals surface area contributed by atoms with Crippen molar-refractivity contribution in [2.75, 3.05) is 7.11 Å². The van der Waals surface area contributed by atoms with E-state index in [1.807, 2.05) is 19.2 Å². The van der Waals surface area contributed by atoms with E-state index in [0.29, 0.717) is 28.3 Å². The molecule has 0 fully saturated rings. The molecule has 8 nitrogen and oxygen atoms in total. The molecular weight excluding hydrogens is 375 g/mol. The number of methoxy groups -OCH3 is 1. The monoisotopic (exact) mass is 390 g/mol. The zero-order chi connectivity index (χ0) is 20.1. The number of rotatable bonds is 3. The van der Waals surface area contributed by atoms with Gasteiger partial charge in [-0.2, -0.15) is 10.2 Å². The van der Waals surface area contributed by atoms with Gasteiger partial charge < -0.3 is 9.84 Å². The summed E-state index contributed by atoms with van der Waals surface area (Å²) in [6.45, 7) is 1.85. The third kappa shape index (κ3) is 2.59. The molecule has 1 aromatic carbocycles. The van der Waals surface area contributed by atoms with Crippen molar-refractivity contribution in [1.82, 2.24) is 29.4 Å². The Hall–Kier alpha value is -4.01. The van der Waals surface area contributed by atoms with Crippen molar-refractivity contribution in [2.45, 2.75) is 6.92 Å². The van der Waals surface area contributed by atoms with E-state index in [1.165, 1.54) is 19.2 Å². The van der Waals surface area contributed by atoms with E-state index >= 15 is 0 Å². The maximum absolute atomic E-state index is 14.1. The van der Waals surface area contributed by atoms with Crippen LogP contribution in [0.1, 0.15) is 5.69 Å². The fourth-order valence-corrected chi connectivity index (χ4v) is 3.36. The third-order valence-electron chi connectivity index (χ3n) is 4.78. The number of hydrogen-bond acceptors (Lipinski definition) is 6. The first-order chi connectivity index (χ1) is 14.1. The van der Waals surface area contributed by atoms with E-state index in [4.69, 9.17) is 4.74 Å². The SMILES string of the molecule is COc1cc(O)c(F)cc1-n1nc(C)c2cnc(-c3cnn4cccnc34)cc21. The number of aromatic hydroxyl groups is 1. The lowest BCUT2D eigenvalue weighted by Gasteiger charge is -2.11. The topological polar surface area (TPSA) is 90.4 Å². The highest BCUT2D eigenvalue weighted by molar-refractivity contribution is 5.88. The van der Waals surface area contributed by atoms with Crippen molar-refractivity contribution >= 4 is 16.6 Å². The second-order valence-corrected chi connectivity index (χ2v) is 6.51. The third-order valence-corrected chi connectivity index (χ3v) is 4.78. The van der Waals surface area contributed by atoms with Crippen LogP contribution in [-0.4, -0.2) is 41.6 Å². The average molecular weight is 390 g/mol. The van der Waals surface area contributed by atoms with Crippen LogP contribution in [0.2, 0.25) is 0 Å². The Balaban J connectivity index is 1.77. The molecule has 0 aliphatic heterocycles.